The first kappa shape index (κ1) is 18.1. The molecule has 1 aliphatic heterocycles. The molecule has 0 atom stereocenters. The van der Waals surface area contributed by atoms with Crippen molar-refractivity contribution in [3.05, 3.63) is 82.6 Å². The summed E-state index contributed by atoms with van der Waals surface area (Å²) in [6, 6.07) is 14.6. The Kier molecular flexibility index (Phi) is 5.30. The summed E-state index contributed by atoms with van der Waals surface area (Å²) in [5.41, 5.74) is 2.38. The summed E-state index contributed by atoms with van der Waals surface area (Å²) in [4.78, 5) is 16.5. The Morgan fingerprint density at radius 3 is 2.79 bits per heavy atom. The molecule has 0 bridgehead atoms. The van der Waals surface area contributed by atoms with Crippen LogP contribution in [0.25, 0.3) is 0 Å². The molecule has 0 aliphatic carbocycles. The molecule has 6 nitrogen and oxygen atoms in total. The number of halogens is 1. The Hall–Kier alpha value is -3.25. The zero-order chi connectivity index (χ0) is 19.3. The van der Waals surface area contributed by atoms with Crippen molar-refractivity contribution in [1.82, 2.24) is 10.3 Å². The number of carbonyl (C=O) groups is 1. The number of ether oxygens (including phenoxy) is 3. The van der Waals surface area contributed by atoms with Gasteiger partial charge in [0.25, 0.3) is 5.91 Å². The van der Waals surface area contributed by atoms with Crippen LogP contribution in [0.5, 0.6) is 17.2 Å². The van der Waals surface area contributed by atoms with E-state index in [4.69, 9.17) is 25.8 Å². The highest BCUT2D eigenvalue weighted by Crippen LogP contribution is 2.39. The van der Waals surface area contributed by atoms with E-state index in [0.717, 1.165) is 16.9 Å². The third kappa shape index (κ3) is 4.18. The molecule has 4 rings (SSSR count). The molecule has 28 heavy (non-hydrogen) atoms. The SMILES string of the molecule is O=C(NCc1ccc(OCc2cccnc2)cc1)c1cc(Cl)c2c(c1)OCO2. The molecule has 2 aromatic carbocycles. The maximum absolute atomic E-state index is 12.4. The second kappa shape index (κ2) is 8.19. The second-order valence-electron chi connectivity index (χ2n) is 6.17. The van der Waals surface area contributed by atoms with Crippen molar-refractivity contribution in [3.63, 3.8) is 0 Å². The number of benzene rings is 2. The normalized spacial score (nSPS) is 11.9. The fraction of sp³-hybridized carbons (Fsp3) is 0.143. The minimum Gasteiger partial charge on any atom is -0.489 e. The molecule has 0 unspecified atom stereocenters. The zero-order valence-electron chi connectivity index (χ0n) is 14.9. The minimum atomic E-state index is -0.239. The number of nitrogens with zero attached hydrogens (tertiary/aromatic N) is 1. The van der Waals surface area contributed by atoms with Gasteiger partial charge >= 0.3 is 0 Å². The predicted octanol–water partition coefficient (Wildman–Crippen LogP) is 3.97. The van der Waals surface area contributed by atoms with E-state index in [2.05, 4.69) is 10.3 Å². The number of hydrogen-bond acceptors (Lipinski definition) is 5. The number of pyridine rings is 1. The smallest absolute Gasteiger partial charge is 0.251 e. The van der Waals surface area contributed by atoms with E-state index in [0.29, 0.717) is 35.2 Å². The fourth-order valence-electron chi connectivity index (χ4n) is 2.74. The van der Waals surface area contributed by atoms with Crippen molar-refractivity contribution in [2.45, 2.75) is 13.2 Å². The monoisotopic (exact) mass is 396 g/mol. The topological polar surface area (TPSA) is 69.7 Å². The summed E-state index contributed by atoms with van der Waals surface area (Å²) in [7, 11) is 0. The van der Waals surface area contributed by atoms with Gasteiger partial charge in [0.05, 0.1) is 5.02 Å². The average molecular weight is 397 g/mol. The molecule has 3 aromatic rings. The molecule has 0 saturated heterocycles. The van der Waals surface area contributed by atoms with Crippen molar-refractivity contribution in [1.29, 1.82) is 0 Å². The van der Waals surface area contributed by atoms with Crippen LogP contribution in [-0.4, -0.2) is 17.7 Å². The van der Waals surface area contributed by atoms with Gasteiger partial charge in [0.15, 0.2) is 11.5 Å². The number of hydrogen-bond donors (Lipinski definition) is 1. The van der Waals surface area contributed by atoms with Gasteiger partial charge in [-0.1, -0.05) is 29.8 Å². The molecule has 0 fully saturated rings. The quantitative estimate of drug-likeness (QED) is 0.682. The van der Waals surface area contributed by atoms with Crippen LogP contribution >= 0.6 is 11.6 Å². The zero-order valence-corrected chi connectivity index (χ0v) is 15.6. The van der Waals surface area contributed by atoms with Gasteiger partial charge < -0.3 is 19.5 Å². The lowest BCUT2D eigenvalue weighted by Gasteiger charge is -2.09. The van der Waals surface area contributed by atoms with Gasteiger partial charge in [-0.05, 0) is 35.9 Å². The number of carbonyl (C=O) groups excluding carboxylic acids is 1. The van der Waals surface area contributed by atoms with E-state index in [1.165, 1.54) is 0 Å². The molecule has 0 radical (unpaired) electrons. The Morgan fingerprint density at radius 1 is 1.14 bits per heavy atom. The van der Waals surface area contributed by atoms with Gasteiger partial charge in [-0.3, -0.25) is 9.78 Å². The summed E-state index contributed by atoms with van der Waals surface area (Å²) in [6.45, 7) is 0.942. The number of rotatable bonds is 6. The largest absolute Gasteiger partial charge is 0.489 e. The Morgan fingerprint density at radius 2 is 2.00 bits per heavy atom. The molecule has 1 aromatic heterocycles. The third-order valence-electron chi connectivity index (χ3n) is 4.19. The van der Waals surface area contributed by atoms with Crippen LogP contribution in [-0.2, 0) is 13.2 Å². The molecular weight excluding hydrogens is 380 g/mol. The van der Waals surface area contributed by atoms with Crippen LogP contribution in [0.15, 0.2) is 60.9 Å². The average Bonchev–Trinajstić information content (AvgIpc) is 3.21. The molecule has 142 valence electrons. The summed E-state index contributed by atoms with van der Waals surface area (Å²) >= 11 is 6.12. The molecule has 7 heteroatoms. The first-order valence-corrected chi connectivity index (χ1v) is 9.05. The predicted molar refractivity (Wildman–Crippen MR) is 104 cm³/mol. The van der Waals surface area contributed by atoms with E-state index in [1.807, 2.05) is 36.4 Å². The molecular formula is C21H17ClN2O4. The lowest BCUT2D eigenvalue weighted by atomic mass is 10.1. The van der Waals surface area contributed by atoms with Gasteiger partial charge in [-0.15, -0.1) is 0 Å². The van der Waals surface area contributed by atoms with Crippen LogP contribution in [0.4, 0.5) is 0 Å². The maximum atomic E-state index is 12.4. The van der Waals surface area contributed by atoms with Crippen molar-refractivity contribution in [3.8, 4) is 17.2 Å². The molecule has 0 spiro atoms. The lowest BCUT2D eigenvalue weighted by molar-refractivity contribution is 0.0950. The van der Waals surface area contributed by atoms with Crippen LogP contribution < -0.4 is 19.5 Å². The maximum Gasteiger partial charge on any atom is 0.251 e. The highest BCUT2D eigenvalue weighted by Gasteiger charge is 2.20. The van der Waals surface area contributed by atoms with E-state index in [-0.39, 0.29) is 12.7 Å². The Labute approximate surface area is 167 Å². The highest BCUT2D eigenvalue weighted by atomic mass is 35.5. The first-order chi connectivity index (χ1) is 13.7. The van der Waals surface area contributed by atoms with E-state index in [1.54, 1.807) is 24.5 Å². The van der Waals surface area contributed by atoms with E-state index in [9.17, 15) is 4.79 Å². The van der Waals surface area contributed by atoms with Crippen molar-refractivity contribution < 1.29 is 19.0 Å². The highest BCUT2D eigenvalue weighted by molar-refractivity contribution is 6.32. The van der Waals surface area contributed by atoms with Crippen LogP contribution in [0, 0.1) is 0 Å². The molecule has 2 heterocycles. The number of aromatic nitrogens is 1. The van der Waals surface area contributed by atoms with Crippen LogP contribution in [0.2, 0.25) is 5.02 Å². The molecule has 0 saturated carbocycles. The summed E-state index contributed by atoms with van der Waals surface area (Å²) in [6.07, 6.45) is 3.50. The Bertz CT molecular complexity index is 978. The van der Waals surface area contributed by atoms with Crippen molar-refractivity contribution in [2.24, 2.45) is 0 Å². The number of fused-ring (bicyclic) bond motifs is 1. The van der Waals surface area contributed by atoms with Crippen LogP contribution in [0.1, 0.15) is 21.5 Å². The molecule has 1 N–H and O–H groups in total. The standard InChI is InChI=1S/C21H17ClN2O4/c22-18-8-16(9-19-20(18)28-13-27-19)21(25)24-11-14-3-5-17(6-4-14)26-12-15-2-1-7-23-10-15/h1-10H,11-13H2,(H,24,25). The number of amides is 1. The summed E-state index contributed by atoms with van der Waals surface area (Å²) in [5.74, 6) is 1.46. The van der Waals surface area contributed by atoms with Gasteiger partial charge in [0.2, 0.25) is 6.79 Å². The Balaban J connectivity index is 1.32. The van der Waals surface area contributed by atoms with Crippen molar-refractivity contribution >= 4 is 17.5 Å². The first-order valence-electron chi connectivity index (χ1n) is 8.67. The van der Waals surface area contributed by atoms with Gasteiger partial charge in [-0.25, -0.2) is 0 Å². The molecule has 1 aliphatic rings. The van der Waals surface area contributed by atoms with Crippen molar-refractivity contribution in [2.75, 3.05) is 6.79 Å². The van der Waals surface area contributed by atoms with E-state index < -0.39 is 0 Å². The summed E-state index contributed by atoms with van der Waals surface area (Å²) in [5, 5.41) is 3.22. The van der Waals surface area contributed by atoms with Gasteiger partial charge in [-0.2, -0.15) is 0 Å². The summed E-state index contributed by atoms with van der Waals surface area (Å²) < 4.78 is 16.3. The lowest BCUT2D eigenvalue weighted by Crippen LogP contribution is -2.22. The van der Waals surface area contributed by atoms with Gasteiger partial charge in [0.1, 0.15) is 12.4 Å². The van der Waals surface area contributed by atoms with E-state index >= 15 is 0 Å². The third-order valence-corrected chi connectivity index (χ3v) is 4.47. The molecule has 1 amide bonds. The number of nitrogens with one attached hydrogen (secondary N) is 1. The van der Waals surface area contributed by atoms with Crippen LogP contribution in [0.3, 0.4) is 0 Å². The minimum absolute atomic E-state index is 0.106. The fourth-order valence-corrected chi connectivity index (χ4v) is 3.00. The van der Waals surface area contributed by atoms with Gasteiger partial charge in [0, 0.05) is 30.1 Å². The second-order valence-corrected chi connectivity index (χ2v) is 6.58.